The number of amides is 2. The van der Waals surface area contributed by atoms with E-state index < -0.39 is 0 Å². The summed E-state index contributed by atoms with van der Waals surface area (Å²) in [4.78, 5) is 25.6. The van der Waals surface area contributed by atoms with Crippen molar-refractivity contribution in [3.63, 3.8) is 0 Å². The summed E-state index contributed by atoms with van der Waals surface area (Å²) in [6.45, 7) is 2.51. The largest absolute Gasteiger partial charge is 0.497 e. The van der Waals surface area contributed by atoms with Crippen molar-refractivity contribution in [1.29, 1.82) is 0 Å². The molecule has 0 saturated heterocycles. The molecule has 2 amide bonds. The fourth-order valence-corrected chi connectivity index (χ4v) is 3.49. The molecule has 0 atom stereocenters. The van der Waals surface area contributed by atoms with E-state index in [0.717, 1.165) is 16.4 Å². The van der Waals surface area contributed by atoms with Crippen LogP contribution in [0.4, 0.5) is 11.4 Å². The Morgan fingerprint density at radius 3 is 2.23 bits per heavy atom. The number of benzene rings is 3. The molecular weight excluding hydrogens is 412 g/mol. The molecule has 0 aliphatic rings. The van der Waals surface area contributed by atoms with Gasteiger partial charge in [-0.1, -0.05) is 6.07 Å². The standard InChI is InChI=1S/C24H24N2O4S/c1-3-30-20-13-11-19(12-14-20)26-24(28)17-7-9-18(10-8-17)25-23(27)16-31-22-6-4-5-21(15-22)29-2/h4-15H,3,16H2,1-2H3,(H,25,27)(H,26,28). The Kier molecular flexibility index (Phi) is 7.95. The Bertz CT molecular complexity index is 1020. The third-order valence-corrected chi connectivity index (χ3v) is 5.26. The van der Waals surface area contributed by atoms with Crippen molar-refractivity contribution < 1.29 is 19.1 Å². The Morgan fingerprint density at radius 1 is 0.871 bits per heavy atom. The molecule has 0 unspecified atom stereocenters. The SMILES string of the molecule is CCOc1ccc(NC(=O)c2ccc(NC(=O)CSc3cccc(OC)c3)cc2)cc1. The molecule has 0 saturated carbocycles. The highest BCUT2D eigenvalue weighted by atomic mass is 32.2. The number of hydrogen-bond donors (Lipinski definition) is 2. The number of nitrogens with one attached hydrogen (secondary N) is 2. The molecule has 0 aromatic heterocycles. The van der Waals surface area contributed by atoms with Gasteiger partial charge in [0.2, 0.25) is 5.91 Å². The van der Waals surface area contributed by atoms with E-state index in [9.17, 15) is 9.59 Å². The maximum Gasteiger partial charge on any atom is 0.255 e. The zero-order valence-electron chi connectivity index (χ0n) is 17.4. The molecule has 0 bridgehead atoms. The van der Waals surface area contributed by atoms with Crippen molar-refractivity contribution in [1.82, 2.24) is 0 Å². The second-order valence-corrected chi connectivity index (χ2v) is 7.55. The monoisotopic (exact) mass is 436 g/mol. The van der Waals surface area contributed by atoms with Gasteiger partial charge < -0.3 is 20.1 Å². The zero-order valence-corrected chi connectivity index (χ0v) is 18.2. The first kappa shape index (κ1) is 22.2. The molecular formula is C24H24N2O4S. The third kappa shape index (κ3) is 6.79. The quantitative estimate of drug-likeness (QED) is 0.458. The summed E-state index contributed by atoms with van der Waals surface area (Å²) < 4.78 is 10.6. The van der Waals surface area contributed by atoms with Crippen LogP contribution < -0.4 is 20.1 Å². The fourth-order valence-electron chi connectivity index (χ4n) is 2.75. The summed E-state index contributed by atoms with van der Waals surface area (Å²) in [7, 11) is 1.61. The van der Waals surface area contributed by atoms with Gasteiger partial charge in [-0.05, 0) is 73.7 Å². The molecule has 0 aliphatic heterocycles. The zero-order chi connectivity index (χ0) is 22.1. The predicted octanol–water partition coefficient (Wildman–Crippen LogP) is 5.08. The van der Waals surface area contributed by atoms with Gasteiger partial charge in [-0.3, -0.25) is 9.59 Å². The van der Waals surface area contributed by atoms with E-state index in [1.165, 1.54) is 11.8 Å². The molecule has 0 radical (unpaired) electrons. The molecule has 0 spiro atoms. The van der Waals surface area contributed by atoms with E-state index in [2.05, 4.69) is 10.6 Å². The van der Waals surface area contributed by atoms with Gasteiger partial charge in [-0.15, -0.1) is 11.8 Å². The molecule has 7 heteroatoms. The first-order valence-corrected chi connectivity index (χ1v) is 10.8. The number of carbonyl (C=O) groups excluding carboxylic acids is 2. The van der Waals surface area contributed by atoms with E-state index in [-0.39, 0.29) is 17.6 Å². The fraction of sp³-hybridized carbons (Fsp3) is 0.167. The minimum Gasteiger partial charge on any atom is -0.497 e. The van der Waals surface area contributed by atoms with Crippen molar-refractivity contribution in [3.05, 3.63) is 78.4 Å². The summed E-state index contributed by atoms with van der Waals surface area (Å²) in [6, 6.07) is 21.5. The molecule has 31 heavy (non-hydrogen) atoms. The van der Waals surface area contributed by atoms with Crippen molar-refractivity contribution in [2.75, 3.05) is 30.1 Å². The van der Waals surface area contributed by atoms with E-state index in [1.54, 1.807) is 55.6 Å². The van der Waals surface area contributed by atoms with Crippen molar-refractivity contribution in [2.45, 2.75) is 11.8 Å². The normalized spacial score (nSPS) is 10.3. The number of thioether (sulfide) groups is 1. The van der Waals surface area contributed by atoms with Crippen LogP contribution in [-0.4, -0.2) is 31.3 Å². The Balaban J connectivity index is 1.50. The van der Waals surface area contributed by atoms with Crippen LogP contribution in [0.25, 0.3) is 0 Å². The summed E-state index contributed by atoms with van der Waals surface area (Å²) in [6.07, 6.45) is 0. The lowest BCUT2D eigenvalue weighted by Gasteiger charge is -2.09. The lowest BCUT2D eigenvalue weighted by Crippen LogP contribution is -2.15. The first-order valence-electron chi connectivity index (χ1n) is 9.78. The lowest BCUT2D eigenvalue weighted by molar-refractivity contribution is -0.113. The van der Waals surface area contributed by atoms with Gasteiger partial charge in [0.15, 0.2) is 0 Å². The summed E-state index contributed by atoms with van der Waals surface area (Å²) in [5.41, 5.74) is 1.81. The second-order valence-electron chi connectivity index (χ2n) is 6.50. The number of rotatable bonds is 9. The van der Waals surface area contributed by atoms with E-state index >= 15 is 0 Å². The number of methoxy groups -OCH3 is 1. The minimum absolute atomic E-state index is 0.126. The van der Waals surface area contributed by atoms with Crippen molar-refractivity contribution in [3.8, 4) is 11.5 Å². The molecule has 3 rings (SSSR count). The average Bonchev–Trinajstić information content (AvgIpc) is 2.80. The van der Waals surface area contributed by atoms with Gasteiger partial charge in [0.05, 0.1) is 19.5 Å². The van der Waals surface area contributed by atoms with Gasteiger partial charge >= 0.3 is 0 Å². The van der Waals surface area contributed by atoms with Gasteiger partial charge in [-0.25, -0.2) is 0 Å². The maximum atomic E-state index is 12.4. The minimum atomic E-state index is -0.226. The highest BCUT2D eigenvalue weighted by Crippen LogP contribution is 2.23. The number of ether oxygens (including phenoxy) is 2. The topological polar surface area (TPSA) is 76.7 Å². The average molecular weight is 437 g/mol. The summed E-state index contributed by atoms with van der Waals surface area (Å²) in [5, 5.41) is 5.68. The molecule has 160 valence electrons. The number of hydrogen-bond acceptors (Lipinski definition) is 5. The smallest absolute Gasteiger partial charge is 0.255 e. The Morgan fingerprint density at radius 2 is 1.55 bits per heavy atom. The van der Waals surface area contributed by atoms with Crippen LogP contribution in [0.3, 0.4) is 0 Å². The third-order valence-electron chi connectivity index (χ3n) is 4.27. The Hall–Kier alpha value is -3.45. The van der Waals surface area contributed by atoms with Crippen LogP contribution in [-0.2, 0) is 4.79 Å². The highest BCUT2D eigenvalue weighted by molar-refractivity contribution is 8.00. The van der Waals surface area contributed by atoms with Gasteiger partial charge in [0, 0.05) is 21.8 Å². The molecule has 3 aromatic carbocycles. The van der Waals surface area contributed by atoms with Crippen LogP contribution in [0.5, 0.6) is 11.5 Å². The number of carbonyl (C=O) groups is 2. The van der Waals surface area contributed by atoms with Gasteiger partial charge in [-0.2, -0.15) is 0 Å². The van der Waals surface area contributed by atoms with Crippen LogP contribution in [0, 0.1) is 0 Å². The molecule has 0 aliphatic carbocycles. The van der Waals surface area contributed by atoms with Crippen molar-refractivity contribution >= 4 is 35.0 Å². The van der Waals surface area contributed by atoms with E-state index in [1.807, 2.05) is 31.2 Å². The van der Waals surface area contributed by atoms with Crippen LogP contribution in [0.1, 0.15) is 17.3 Å². The predicted molar refractivity (Wildman–Crippen MR) is 124 cm³/mol. The summed E-state index contributed by atoms with van der Waals surface area (Å²) >= 11 is 1.43. The van der Waals surface area contributed by atoms with Crippen LogP contribution in [0.2, 0.25) is 0 Å². The first-order chi connectivity index (χ1) is 15.1. The van der Waals surface area contributed by atoms with E-state index in [4.69, 9.17) is 9.47 Å². The maximum absolute atomic E-state index is 12.4. The summed E-state index contributed by atoms with van der Waals surface area (Å²) in [5.74, 6) is 1.43. The van der Waals surface area contributed by atoms with Crippen LogP contribution in [0.15, 0.2) is 77.7 Å². The van der Waals surface area contributed by atoms with Gasteiger partial charge in [0.1, 0.15) is 11.5 Å². The molecule has 0 heterocycles. The lowest BCUT2D eigenvalue weighted by atomic mass is 10.2. The van der Waals surface area contributed by atoms with Crippen LogP contribution >= 0.6 is 11.8 Å². The highest BCUT2D eigenvalue weighted by Gasteiger charge is 2.08. The van der Waals surface area contributed by atoms with Crippen molar-refractivity contribution in [2.24, 2.45) is 0 Å². The molecule has 6 nitrogen and oxygen atoms in total. The number of anilines is 2. The molecule has 2 N–H and O–H groups in total. The van der Waals surface area contributed by atoms with E-state index in [0.29, 0.717) is 23.5 Å². The second kappa shape index (κ2) is 11.1. The molecule has 0 fully saturated rings. The van der Waals surface area contributed by atoms with Gasteiger partial charge in [0.25, 0.3) is 5.91 Å². The Labute approximate surface area is 186 Å². The molecule has 3 aromatic rings.